The Hall–Kier alpha value is -0.780. The molecule has 0 spiro atoms. The van der Waals surface area contributed by atoms with E-state index in [1.54, 1.807) is 0 Å². The molecule has 0 heteroatoms. The first-order chi connectivity index (χ1) is 5.85. The van der Waals surface area contributed by atoms with Crippen LogP contribution in [-0.2, 0) is 0 Å². The van der Waals surface area contributed by atoms with Crippen LogP contribution in [0.3, 0.4) is 0 Å². The van der Waals surface area contributed by atoms with Crippen molar-refractivity contribution in [2.75, 3.05) is 0 Å². The molecular formula is C12H20. The lowest BCUT2D eigenvalue weighted by Crippen LogP contribution is -1.81. The van der Waals surface area contributed by atoms with Gasteiger partial charge in [-0.1, -0.05) is 31.1 Å². The third kappa shape index (κ3) is 5.96. The second-order valence-corrected chi connectivity index (χ2v) is 3.09. The second-order valence-electron chi connectivity index (χ2n) is 3.09. The van der Waals surface area contributed by atoms with E-state index in [4.69, 9.17) is 0 Å². The summed E-state index contributed by atoms with van der Waals surface area (Å²) in [5, 5.41) is 0. The van der Waals surface area contributed by atoms with Gasteiger partial charge >= 0.3 is 0 Å². The van der Waals surface area contributed by atoms with Gasteiger partial charge in [-0.3, -0.25) is 0 Å². The SMILES string of the molecule is C=CC1CCCC1.C=CCC=C. The summed E-state index contributed by atoms with van der Waals surface area (Å²) in [6.07, 6.45) is 12.3. The first-order valence-corrected chi connectivity index (χ1v) is 4.69. The van der Waals surface area contributed by atoms with Crippen LogP contribution in [0.15, 0.2) is 38.0 Å². The highest BCUT2D eigenvalue weighted by Crippen LogP contribution is 2.24. The Morgan fingerprint density at radius 1 is 1.00 bits per heavy atom. The minimum atomic E-state index is 0.861. The van der Waals surface area contributed by atoms with E-state index in [0.29, 0.717) is 0 Å². The second kappa shape index (κ2) is 8.32. The fourth-order valence-corrected chi connectivity index (χ4v) is 1.31. The third-order valence-electron chi connectivity index (χ3n) is 2.07. The summed E-state index contributed by atoms with van der Waals surface area (Å²) >= 11 is 0. The molecule has 0 radical (unpaired) electrons. The number of hydrogen-bond donors (Lipinski definition) is 0. The molecule has 0 saturated heterocycles. The van der Waals surface area contributed by atoms with Crippen molar-refractivity contribution in [3.8, 4) is 0 Å². The van der Waals surface area contributed by atoms with Crippen LogP contribution in [0.2, 0.25) is 0 Å². The van der Waals surface area contributed by atoms with E-state index in [9.17, 15) is 0 Å². The largest absolute Gasteiger partial charge is 0.103 e. The molecule has 0 N–H and O–H groups in total. The number of hydrogen-bond acceptors (Lipinski definition) is 0. The van der Waals surface area contributed by atoms with E-state index < -0.39 is 0 Å². The Labute approximate surface area is 76.7 Å². The molecule has 0 aromatic heterocycles. The lowest BCUT2D eigenvalue weighted by molar-refractivity contribution is 0.688. The van der Waals surface area contributed by atoms with E-state index in [2.05, 4.69) is 25.8 Å². The van der Waals surface area contributed by atoms with Crippen LogP contribution < -0.4 is 0 Å². The molecule has 12 heavy (non-hydrogen) atoms. The maximum Gasteiger partial charge on any atom is -0.0175 e. The van der Waals surface area contributed by atoms with Gasteiger partial charge in [0, 0.05) is 0 Å². The maximum atomic E-state index is 3.74. The quantitative estimate of drug-likeness (QED) is 0.551. The molecule has 1 saturated carbocycles. The van der Waals surface area contributed by atoms with Gasteiger partial charge in [-0.2, -0.15) is 0 Å². The highest BCUT2D eigenvalue weighted by molar-refractivity contribution is 4.82. The number of rotatable bonds is 3. The van der Waals surface area contributed by atoms with Crippen LogP contribution in [0.1, 0.15) is 32.1 Å². The highest BCUT2D eigenvalue weighted by atomic mass is 14.1. The van der Waals surface area contributed by atoms with Crippen LogP contribution in [0.4, 0.5) is 0 Å². The van der Waals surface area contributed by atoms with Crippen molar-refractivity contribution in [3.63, 3.8) is 0 Å². The zero-order valence-corrected chi connectivity index (χ0v) is 7.97. The standard InChI is InChI=1S/C7H12.C5H8/c1-2-7-5-3-4-6-7;1-3-5-4-2/h2,7H,1,3-6H2;3-4H,1-2,5H2. The molecule has 1 aliphatic carbocycles. The smallest absolute Gasteiger partial charge is 0.0175 e. The minimum Gasteiger partial charge on any atom is -0.103 e. The summed E-state index contributed by atoms with van der Waals surface area (Å²) in [4.78, 5) is 0. The Balaban J connectivity index is 0.000000217. The number of allylic oxidation sites excluding steroid dienone is 3. The zero-order chi connectivity index (χ0) is 9.23. The monoisotopic (exact) mass is 164 g/mol. The van der Waals surface area contributed by atoms with Gasteiger partial charge in [-0.05, 0) is 25.2 Å². The van der Waals surface area contributed by atoms with E-state index in [0.717, 1.165) is 12.3 Å². The van der Waals surface area contributed by atoms with Gasteiger partial charge in [0.05, 0.1) is 0 Å². The van der Waals surface area contributed by atoms with Crippen molar-refractivity contribution < 1.29 is 0 Å². The topological polar surface area (TPSA) is 0 Å². The average molecular weight is 164 g/mol. The van der Waals surface area contributed by atoms with E-state index in [-0.39, 0.29) is 0 Å². The van der Waals surface area contributed by atoms with Gasteiger partial charge in [-0.25, -0.2) is 0 Å². The molecule has 0 amide bonds. The molecule has 0 unspecified atom stereocenters. The molecule has 1 aliphatic rings. The fraction of sp³-hybridized carbons (Fsp3) is 0.500. The summed E-state index contributed by atoms with van der Waals surface area (Å²) in [5.74, 6) is 0.861. The first kappa shape index (κ1) is 11.2. The lowest BCUT2D eigenvalue weighted by atomic mass is 10.1. The molecular weight excluding hydrogens is 144 g/mol. The molecule has 0 aliphatic heterocycles. The summed E-state index contributed by atoms with van der Waals surface area (Å²) in [6, 6.07) is 0. The van der Waals surface area contributed by atoms with Crippen LogP contribution in [0.25, 0.3) is 0 Å². The van der Waals surface area contributed by atoms with Crippen LogP contribution in [0.5, 0.6) is 0 Å². The van der Waals surface area contributed by atoms with Crippen LogP contribution in [0, 0.1) is 5.92 Å². The summed E-state index contributed by atoms with van der Waals surface area (Å²) in [5.41, 5.74) is 0. The van der Waals surface area contributed by atoms with E-state index in [1.807, 2.05) is 12.2 Å². The van der Waals surface area contributed by atoms with E-state index in [1.165, 1.54) is 25.7 Å². The summed E-state index contributed by atoms with van der Waals surface area (Å²) in [7, 11) is 0. The molecule has 1 fully saturated rings. The van der Waals surface area contributed by atoms with E-state index >= 15 is 0 Å². The third-order valence-corrected chi connectivity index (χ3v) is 2.07. The van der Waals surface area contributed by atoms with Crippen molar-refractivity contribution >= 4 is 0 Å². The van der Waals surface area contributed by atoms with Crippen LogP contribution in [-0.4, -0.2) is 0 Å². The normalized spacial score (nSPS) is 16.0. The van der Waals surface area contributed by atoms with Gasteiger partial charge in [0.1, 0.15) is 0 Å². The Morgan fingerprint density at radius 3 is 1.67 bits per heavy atom. The molecule has 0 bridgehead atoms. The Kier molecular flexibility index (Phi) is 7.78. The molecule has 0 atom stereocenters. The molecule has 0 heterocycles. The van der Waals surface area contributed by atoms with Crippen molar-refractivity contribution in [2.24, 2.45) is 5.92 Å². The minimum absolute atomic E-state index is 0.861. The maximum absolute atomic E-state index is 3.74. The van der Waals surface area contributed by atoms with Gasteiger partial charge in [-0.15, -0.1) is 19.7 Å². The van der Waals surface area contributed by atoms with Gasteiger partial charge in [0.15, 0.2) is 0 Å². The van der Waals surface area contributed by atoms with Crippen molar-refractivity contribution in [1.29, 1.82) is 0 Å². The molecule has 0 aromatic rings. The zero-order valence-electron chi connectivity index (χ0n) is 7.97. The Bertz CT molecular complexity index is 121. The molecule has 0 aromatic carbocycles. The molecule has 0 nitrogen and oxygen atoms in total. The first-order valence-electron chi connectivity index (χ1n) is 4.69. The summed E-state index contributed by atoms with van der Waals surface area (Å²) < 4.78 is 0. The van der Waals surface area contributed by atoms with Crippen molar-refractivity contribution in [2.45, 2.75) is 32.1 Å². The fourth-order valence-electron chi connectivity index (χ4n) is 1.31. The van der Waals surface area contributed by atoms with Gasteiger partial charge in [0.25, 0.3) is 0 Å². The van der Waals surface area contributed by atoms with Crippen LogP contribution >= 0.6 is 0 Å². The van der Waals surface area contributed by atoms with Gasteiger partial charge in [0.2, 0.25) is 0 Å². The average Bonchev–Trinajstić information content (AvgIpc) is 2.58. The van der Waals surface area contributed by atoms with Crippen molar-refractivity contribution in [3.05, 3.63) is 38.0 Å². The van der Waals surface area contributed by atoms with Gasteiger partial charge < -0.3 is 0 Å². The predicted octanol–water partition coefficient (Wildman–Crippen LogP) is 4.11. The van der Waals surface area contributed by atoms with Crippen molar-refractivity contribution in [1.82, 2.24) is 0 Å². The molecule has 1 rings (SSSR count). The Morgan fingerprint density at radius 2 is 1.50 bits per heavy atom. The summed E-state index contributed by atoms with van der Waals surface area (Å²) in [6.45, 7) is 10.7. The lowest BCUT2D eigenvalue weighted by Gasteiger charge is -1.94. The predicted molar refractivity (Wildman–Crippen MR) is 57.2 cm³/mol. The molecule has 68 valence electrons. The highest BCUT2D eigenvalue weighted by Gasteiger charge is 2.09.